The maximum atomic E-state index is 6.00. The van der Waals surface area contributed by atoms with Crippen molar-refractivity contribution in [3.63, 3.8) is 0 Å². The molecule has 14 heavy (non-hydrogen) atoms. The SMILES string of the molecule is CCOCC(C)OC1(CN)CCCC1. The Balaban J connectivity index is 2.32. The Labute approximate surface area is 86.9 Å². The second-order valence-corrected chi connectivity index (χ2v) is 4.18. The summed E-state index contributed by atoms with van der Waals surface area (Å²) in [5, 5.41) is 0. The quantitative estimate of drug-likeness (QED) is 0.711. The minimum absolute atomic E-state index is 0.0451. The van der Waals surface area contributed by atoms with E-state index in [2.05, 4.69) is 6.92 Å². The van der Waals surface area contributed by atoms with E-state index in [0.29, 0.717) is 13.2 Å². The molecule has 1 fully saturated rings. The Bertz CT molecular complexity index is 155. The maximum absolute atomic E-state index is 6.00. The molecule has 1 aliphatic carbocycles. The van der Waals surface area contributed by atoms with Crippen LogP contribution in [0.3, 0.4) is 0 Å². The number of hydrogen-bond donors (Lipinski definition) is 1. The van der Waals surface area contributed by atoms with Crippen LogP contribution in [0.2, 0.25) is 0 Å². The molecule has 1 saturated carbocycles. The van der Waals surface area contributed by atoms with Crippen LogP contribution in [0.1, 0.15) is 39.5 Å². The van der Waals surface area contributed by atoms with E-state index in [0.717, 1.165) is 19.4 Å². The molecule has 3 nitrogen and oxygen atoms in total. The average molecular weight is 201 g/mol. The Morgan fingerprint density at radius 2 is 2.00 bits per heavy atom. The molecular formula is C11H23NO2. The van der Waals surface area contributed by atoms with Crippen molar-refractivity contribution in [2.24, 2.45) is 5.73 Å². The fourth-order valence-corrected chi connectivity index (χ4v) is 2.13. The van der Waals surface area contributed by atoms with Crippen molar-refractivity contribution in [1.82, 2.24) is 0 Å². The van der Waals surface area contributed by atoms with Crippen molar-refractivity contribution >= 4 is 0 Å². The molecule has 3 heteroatoms. The van der Waals surface area contributed by atoms with Gasteiger partial charge in [0.2, 0.25) is 0 Å². The Morgan fingerprint density at radius 3 is 2.50 bits per heavy atom. The van der Waals surface area contributed by atoms with Gasteiger partial charge in [-0.2, -0.15) is 0 Å². The molecule has 0 bridgehead atoms. The zero-order valence-corrected chi connectivity index (χ0v) is 9.42. The number of ether oxygens (including phenoxy) is 2. The van der Waals surface area contributed by atoms with Gasteiger partial charge in [-0.25, -0.2) is 0 Å². The second kappa shape index (κ2) is 5.69. The van der Waals surface area contributed by atoms with Gasteiger partial charge in [0.05, 0.1) is 18.3 Å². The van der Waals surface area contributed by atoms with E-state index in [4.69, 9.17) is 15.2 Å². The molecule has 0 spiro atoms. The fourth-order valence-electron chi connectivity index (χ4n) is 2.13. The minimum Gasteiger partial charge on any atom is -0.379 e. The van der Waals surface area contributed by atoms with Crippen molar-refractivity contribution in [2.45, 2.75) is 51.2 Å². The lowest BCUT2D eigenvalue weighted by Gasteiger charge is -2.31. The number of rotatable bonds is 6. The Hall–Kier alpha value is -0.120. The lowest BCUT2D eigenvalue weighted by molar-refractivity contribution is -0.103. The molecular weight excluding hydrogens is 178 g/mol. The van der Waals surface area contributed by atoms with Gasteiger partial charge >= 0.3 is 0 Å². The van der Waals surface area contributed by atoms with E-state index in [9.17, 15) is 0 Å². The topological polar surface area (TPSA) is 44.5 Å². The zero-order valence-electron chi connectivity index (χ0n) is 9.42. The number of hydrogen-bond acceptors (Lipinski definition) is 3. The molecule has 0 aromatic heterocycles. The van der Waals surface area contributed by atoms with E-state index >= 15 is 0 Å². The lowest BCUT2D eigenvalue weighted by Crippen LogP contribution is -2.41. The van der Waals surface area contributed by atoms with Crippen LogP contribution in [0.25, 0.3) is 0 Å². The van der Waals surface area contributed by atoms with E-state index in [1.54, 1.807) is 0 Å². The molecule has 2 N–H and O–H groups in total. The van der Waals surface area contributed by atoms with Crippen molar-refractivity contribution in [3.8, 4) is 0 Å². The summed E-state index contributed by atoms with van der Waals surface area (Å²) in [5.74, 6) is 0. The first-order valence-electron chi connectivity index (χ1n) is 5.68. The summed E-state index contributed by atoms with van der Waals surface area (Å²) in [5.41, 5.74) is 5.73. The van der Waals surface area contributed by atoms with Crippen molar-refractivity contribution in [2.75, 3.05) is 19.8 Å². The van der Waals surface area contributed by atoms with Crippen LogP contribution in [-0.2, 0) is 9.47 Å². The molecule has 1 unspecified atom stereocenters. The molecule has 0 heterocycles. The minimum atomic E-state index is -0.0451. The molecule has 0 radical (unpaired) electrons. The summed E-state index contributed by atoms with van der Waals surface area (Å²) in [6.07, 6.45) is 4.88. The summed E-state index contributed by atoms with van der Waals surface area (Å²) in [4.78, 5) is 0. The van der Waals surface area contributed by atoms with Gasteiger partial charge in [-0.3, -0.25) is 0 Å². The van der Waals surface area contributed by atoms with Crippen molar-refractivity contribution in [3.05, 3.63) is 0 Å². The molecule has 1 aliphatic rings. The van der Waals surface area contributed by atoms with E-state index < -0.39 is 0 Å². The molecule has 84 valence electrons. The summed E-state index contributed by atoms with van der Waals surface area (Å²) in [6.45, 7) is 6.14. The highest BCUT2D eigenvalue weighted by atomic mass is 16.5. The van der Waals surface area contributed by atoms with Gasteiger partial charge in [0, 0.05) is 13.2 Å². The third-order valence-corrected chi connectivity index (χ3v) is 2.89. The first-order chi connectivity index (χ1) is 6.72. The molecule has 0 aromatic carbocycles. The average Bonchev–Trinajstić information content (AvgIpc) is 2.64. The lowest BCUT2D eigenvalue weighted by atomic mass is 10.0. The maximum Gasteiger partial charge on any atom is 0.0808 e. The van der Waals surface area contributed by atoms with Crippen LogP contribution in [0.15, 0.2) is 0 Å². The van der Waals surface area contributed by atoms with Crippen LogP contribution in [-0.4, -0.2) is 31.5 Å². The number of nitrogens with two attached hydrogens (primary N) is 1. The Morgan fingerprint density at radius 1 is 1.36 bits per heavy atom. The van der Waals surface area contributed by atoms with Crippen LogP contribution in [0.5, 0.6) is 0 Å². The van der Waals surface area contributed by atoms with Crippen LogP contribution in [0.4, 0.5) is 0 Å². The zero-order chi connectivity index (χ0) is 10.4. The first-order valence-corrected chi connectivity index (χ1v) is 5.68. The monoisotopic (exact) mass is 201 g/mol. The smallest absolute Gasteiger partial charge is 0.0808 e. The van der Waals surface area contributed by atoms with Crippen LogP contribution in [0, 0.1) is 0 Å². The standard InChI is InChI=1S/C11H23NO2/c1-3-13-8-10(2)14-11(9-12)6-4-5-7-11/h10H,3-9,12H2,1-2H3. The van der Waals surface area contributed by atoms with E-state index in [1.165, 1.54) is 12.8 Å². The predicted octanol–water partition coefficient (Wildman–Crippen LogP) is 1.70. The van der Waals surface area contributed by atoms with Gasteiger partial charge in [0.1, 0.15) is 0 Å². The molecule has 0 saturated heterocycles. The molecule has 1 atom stereocenters. The van der Waals surface area contributed by atoms with E-state index in [-0.39, 0.29) is 11.7 Å². The molecule has 0 amide bonds. The summed E-state index contributed by atoms with van der Waals surface area (Å²) < 4.78 is 11.3. The Kier molecular flexibility index (Phi) is 4.85. The van der Waals surface area contributed by atoms with Crippen molar-refractivity contribution in [1.29, 1.82) is 0 Å². The highest BCUT2D eigenvalue weighted by molar-refractivity contribution is 4.88. The third-order valence-electron chi connectivity index (χ3n) is 2.89. The highest BCUT2D eigenvalue weighted by Gasteiger charge is 2.34. The molecule has 1 rings (SSSR count). The van der Waals surface area contributed by atoms with Gasteiger partial charge in [-0.15, -0.1) is 0 Å². The molecule has 0 aromatic rings. The van der Waals surface area contributed by atoms with Gasteiger partial charge in [0.15, 0.2) is 0 Å². The summed E-state index contributed by atoms with van der Waals surface area (Å²) >= 11 is 0. The van der Waals surface area contributed by atoms with Crippen LogP contribution < -0.4 is 5.73 Å². The highest BCUT2D eigenvalue weighted by Crippen LogP contribution is 2.33. The molecule has 0 aliphatic heterocycles. The predicted molar refractivity (Wildman–Crippen MR) is 57.3 cm³/mol. The van der Waals surface area contributed by atoms with Crippen molar-refractivity contribution < 1.29 is 9.47 Å². The van der Waals surface area contributed by atoms with Gasteiger partial charge in [-0.05, 0) is 26.7 Å². The third kappa shape index (κ3) is 3.23. The second-order valence-electron chi connectivity index (χ2n) is 4.18. The van der Waals surface area contributed by atoms with Gasteiger partial charge < -0.3 is 15.2 Å². The van der Waals surface area contributed by atoms with Crippen LogP contribution >= 0.6 is 0 Å². The summed E-state index contributed by atoms with van der Waals surface area (Å²) in [7, 11) is 0. The van der Waals surface area contributed by atoms with Gasteiger partial charge in [-0.1, -0.05) is 12.8 Å². The largest absolute Gasteiger partial charge is 0.379 e. The first kappa shape index (κ1) is 12.0. The van der Waals surface area contributed by atoms with Gasteiger partial charge in [0.25, 0.3) is 0 Å². The van der Waals surface area contributed by atoms with E-state index in [1.807, 2.05) is 6.92 Å². The normalized spacial score (nSPS) is 22.5. The summed E-state index contributed by atoms with van der Waals surface area (Å²) in [6, 6.07) is 0. The fraction of sp³-hybridized carbons (Fsp3) is 1.00.